The fourth-order valence-corrected chi connectivity index (χ4v) is 1.78. The van der Waals surface area contributed by atoms with Crippen molar-refractivity contribution in [3.05, 3.63) is 35.9 Å². The Morgan fingerprint density at radius 3 is 2.53 bits per heavy atom. The Balaban J connectivity index is 2.30. The minimum atomic E-state index is -0.245. The Hall–Kier alpha value is -1.35. The van der Waals surface area contributed by atoms with Gasteiger partial charge in [0.25, 0.3) is 0 Å². The molecule has 17 heavy (non-hydrogen) atoms. The summed E-state index contributed by atoms with van der Waals surface area (Å²) < 4.78 is 4.67. The van der Waals surface area contributed by atoms with Crippen molar-refractivity contribution in [1.82, 2.24) is 5.32 Å². The molecule has 0 bridgehead atoms. The molecule has 1 aromatic rings. The number of aryl methyl sites for hydroxylation is 1. The highest BCUT2D eigenvalue weighted by molar-refractivity contribution is 5.75. The molecule has 0 aliphatic heterocycles. The van der Waals surface area contributed by atoms with Crippen molar-refractivity contribution in [1.29, 1.82) is 0 Å². The Morgan fingerprint density at radius 2 is 1.94 bits per heavy atom. The first-order valence-electron chi connectivity index (χ1n) is 6.01. The first-order valence-corrected chi connectivity index (χ1v) is 6.01. The molecule has 1 rings (SSSR count). The van der Waals surface area contributed by atoms with E-state index in [2.05, 4.69) is 29.1 Å². The van der Waals surface area contributed by atoms with Gasteiger partial charge in [-0.2, -0.15) is 0 Å². The lowest BCUT2D eigenvalue weighted by Crippen LogP contribution is -2.40. The molecule has 3 nitrogen and oxygen atoms in total. The summed E-state index contributed by atoms with van der Waals surface area (Å²) in [6.45, 7) is 3.91. The van der Waals surface area contributed by atoms with Crippen molar-refractivity contribution in [3.63, 3.8) is 0 Å². The summed E-state index contributed by atoms with van der Waals surface area (Å²) in [5, 5.41) is 3.23. The standard InChI is InChI=1S/C14H21NO2/c1-11(15-12(2)14(16)17-3)9-10-13-7-5-4-6-8-13/h4-8,11-12,15H,9-10H2,1-3H3/t11?,12-/m0/s1. The molecule has 0 fully saturated rings. The number of carbonyl (C=O) groups excluding carboxylic acids is 1. The predicted molar refractivity (Wildman–Crippen MR) is 68.8 cm³/mol. The van der Waals surface area contributed by atoms with Crippen molar-refractivity contribution in [2.45, 2.75) is 38.8 Å². The number of hydrogen-bond acceptors (Lipinski definition) is 3. The van der Waals surface area contributed by atoms with E-state index in [-0.39, 0.29) is 12.0 Å². The van der Waals surface area contributed by atoms with E-state index in [1.807, 2.05) is 25.1 Å². The maximum Gasteiger partial charge on any atom is 0.322 e. The summed E-state index contributed by atoms with van der Waals surface area (Å²) >= 11 is 0. The van der Waals surface area contributed by atoms with Crippen LogP contribution in [-0.4, -0.2) is 25.2 Å². The SMILES string of the molecule is COC(=O)[C@H](C)NC(C)CCc1ccccc1. The zero-order valence-electron chi connectivity index (χ0n) is 10.8. The number of benzene rings is 1. The van der Waals surface area contributed by atoms with E-state index in [1.54, 1.807) is 0 Å². The zero-order valence-corrected chi connectivity index (χ0v) is 10.8. The molecule has 0 amide bonds. The molecule has 0 aliphatic carbocycles. The van der Waals surface area contributed by atoms with Gasteiger partial charge in [0.2, 0.25) is 0 Å². The average molecular weight is 235 g/mol. The van der Waals surface area contributed by atoms with Crippen LogP contribution in [0.25, 0.3) is 0 Å². The van der Waals surface area contributed by atoms with Gasteiger partial charge in [0.05, 0.1) is 7.11 Å². The van der Waals surface area contributed by atoms with Crippen LogP contribution < -0.4 is 5.32 Å². The maximum atomic E-state index is 11.2. The number of hydrogen-bond donors (Lipinski definition) is 1. The van der Waals surface area contributed by atoms with Crippen LogP contribution >= 0.6 is 0 Å². The molecular weight excluding hydrogens is 214 g/mol. The maximum absolute atomic E-state index is 11.2. The minimum Gasteiger partial charge on any atom is -0.468 e. The highest BCUT2D eigenvalue weighted by Gasteiger charge is 2.14. The summed E-state index contributed by atoms with van der Waals surface area (Å²) in [5.41, 5.74) is 1.33. The van der Waals surface area contributed by atoms with E-state index in [1.165, 1.54) is 12.7 Å². The number of ether oxygens (including phenoxy) is 1. The summed E-state index contributed by atoms with van der Waals surface area (Å²) in [4.78, 5) is 11.2. The molecule has 0 spiro atoms. The second kappa shape index (κ2) is 7.07. The van der Waals surface area contributed by atoms with Gasteiger partial charge in [-0.25, -0.2) is 0 Å². The molecule has 94 valence electrons. The van der Waals surface area contributed by atoms with Gasteiger partial charge in [-0.05, 0) is 32.3 Å². The minimum absolute atomic E-state index is 0.212. The molecule has 1 aromatic carbocycles. The summed E-state index contributed by atoms with van der Waals surface area (Å²) in [6, 6.07) is 10.4. The fraction of sp³-hybridized carbons (Fsp3) is 0.500. The average Bonchev–Trinajstić information content (AvgIpc) is 2.36. The summed E-state index contributed by atoms with van der Waals surface area (Å²) in [6.07, 6.45) is 2.02. The first kappa shape index (κ1) is 13.7. The normalized spacial score (nSPS) is 14.1. The van der Waals surface area contributed by atoms with Crippen LogP contribution in [0.2, 0.25) is 0 Å². The third-order valence-electron chi connectivity index (χ3n) is 2.80. The molecule has 0 aromatic heterocycles. The van der Waals surface area contributed by atoms with E-state index < -0.39 is 0 Å². The van der Waals surface area contributed by atoms with E-state index in [0.717, 1.165) is 12.8 Å². The van der Waals surface area contributed by atoms with Crippen molar-refractivity contribution in [2.24, 2.45) is 0 Å². The van der Waals surface area contributed by atoms with Crippen molar-refractivity contribution >= 4 is 5.97 Å². The first-order chi connectivity index (χ1) is 8.13. The Kier molecular flexibility index (Phi) is 5.70. The van der Waals surface area contributed by atoms with E-state index >= 15 is 0 Å². The van der Waals surface area contributed by atoms with Crippen LogP contribution in [-0.2, 0) is 16.0 Å². The van der Waals surface area contributed by atoms with E-state index in [0.29, 0.717) is 6.04 Å². The van der Waals surface area contributed by atoms with Crippen molar-refractivity contribution in [2.75, 3.05) is 7.11 Å². The number of carbonyl (C=O) groups is 1. The lowest BCUT2D eigenvalue weighted by molar-refractivity contribution is -0.142. The second-order valence-corrected chi connectivity index (χ2v) is 4.34. The lowest BCUT2D eigenvalue weighted by atomic mass is 10.1. The van der Waals surface area contributed by atoms with Crippen molar-refractivity contribution in [3.8, 4) is 0 Å². The third-order valence-corrected chi connectivity index (χ3v) is 2.80. The van der Waals surface area contributed by atoms with Gasteiger partial charge in [0, 0.05) is 6.04 Å². The monoisotopic (exact) mass is 235 g/mol. The molecular formula is C14H21NO2. The number of esters is 1. The topological polar surface area (TPSA) is 38.3 Å². The van der Waals surface area contributed by atoms with Gasteiger partial charge in [-0.1, -0.05) is 30.3 Å². The smallest absolute Gasteiger partial charge is 0.322 e. The molecule has 3 heteroatoms. The Labute approximate surface area is 103 Å². The zero-order chi connectivity index (χ0) is 12.7. The molecule has 0 aliphatic rings. The van der Waals surface area contributed by atoms with Gasteiger partial charge >= 0.3 is 5.97 Å². The highest BCUT2D eigenvalue weighted by atomic mass is 16.5. The van der Waals surface area contributed by atoms with Crippen LogP contribution in [0.15, 0.2) is 30.3 Å². The van der Waals surface area contributed by atoms with Gasteiger partial charge in [-0.3, -0.25) is 4.79 Å². The highest BCUT2D eigenvalue weighted by Crippen LogP contribution is 2.05. The van der Waals surface area contributed by atoms with Gasteiger partial charge < -0.3 is 10.1 Å². The molecule has 0 heterocycles. The fourth-order valence-electron chi connectivity index (χ4n) is 1.78. The predicted octanol–water partition coefficient (Wildman–Crippen LogP) is 2.16. The molecule has 1 unspecified atom stereocenters. The second-order valence-electron chi connectivity index (χ2n) is 4.34. The molecule has 0 saturated heterocycles. The van der Waals surface area contributed by atoms with Crippen LogP contribution in [0.1, 0.15) is 25.8 Å². The largest absolute Gasteiger partial charge is 0.468 e. The third kappa shape index (κ3) is 5.00. The van der Waals surface area contributed by atoms with E-state index in [4.69, 9.17) is 0 Å². The molecule has 0 radical (unpaired) electrons. The van der Waals surface area contributed by atoms with Crippen molar-refractivity contribution < 1.29 is 9.53 Å². The Morgan fingerprint density at radius 1 is 1.29 bits per heavy atom. The summed E-state index contributed by atoms with van der Waals surface area (Å²) in [5.74, 6) is -0.212. The van der Waals surface area contributed by atoms with Gasteiger partial charge in [-0.15, -0.1) is 0 Å². The van der Waals surface area contributed by atoms with Crippen LogP contribution in [0.4, 0.5) is 0 Å². The van der Waals surface area contributed by atoms with Gasteiger partial charge in [0.15, 0.2) is 0 Å². The quantitative estimate of drug-likeness (QED) is 0.768. The number of nitrogens with one attached hydrogen (secondary N) is 1. The van der Waals surface area contributed by atoms with Gasteiger partial charge in [0.1, 0.15) is 6.04 Å². The van der Waals surface area contributed by atoms with Crippen LogP contribution in [0.3, 0.4) is 0 Å². The molecule has 0 saturated carbocycles. The molecule has 2 atom stereocenters. The number of rotatable bonds is 6. The lowest BCUT2D eigenvalue weighted by Gasteiger charge is -2.18. The summed E-state index contributed by atoms with van der Waals surface area (Å²) in [7, 11) is 1.41. The van der Waals surface area contributed by atoms with E-state index in [9.17, 15) is 4.79 Å². The van der Waals surface area contributed by atoms with Crippen LogP contribution in [0, 0.1) is 0 Å². The van der Waals surface area contributed by atoms with Crippen LogP contribution in [0.5, 0.6) is 0 Å². The molecule has 1 N–H and O–H groups in total. The number of methoxy groups -OCH3 is 1. The Bertz CT molecular complexity index is 337.